The van der Waals surface area contributed by atoms with Gasteiger partial charge in [0, 0.05) is 24.7 Å². The van der Waals surface area contributed by atoms with Crippen LogP contribution in [0.4, 0.5) is 5.69 Å². The van der Waals surface area contributed by atoms with E-state index in [0.717, 1.165) is 19.3 Å². The molecule has 0 unspecified atom stereocenters. The van der Waals surface area contributed by atoms with Gasteiger partial charge in [-0.3, -0.25) is 14.9 Å². The van der Waals surface area contributed by atoms with Crippen LogP contribution in [0.15, 0.2) is 18.2 Å². The second-order valence-corrected chi connectivity index (χ2v) is 6.27. The number of carbonyl (C=O) groups is 1. The molecular formula is C15H20N2O4. The summed E-state index contributed by atoms with van der Waals surface area (Å²) in [5.41, 5.74) is 0.133. The van der Waals surface area contributed by atoms with Crippen LogP contribution in [0.25, 0.3) is 0 Å². The van der Waals surface area contributed by atoms with E-state index in [0.29, 0.717) is 13.1 Å². The minimum Gasteiger partial charge on any atom is -0.502 e. The Morgan fingerprint density at radius 2 is 2.05 bits per heavy atom. The van der Waals surface area contributed by atoms with Crippen LogP contribution in [-0.4, -0.2) is 33.9 Å². The van der Waals surface area contributed by atoms with Crippen molar-refractivity contribution in [2.45, 2.75) is 33.1 Å². The molecule has 0 aromatic heterocycles. The van der Waals surface area contributed by atoms with Crippen LogP contribution in [0.2, 0.25) is 0 Å². The van der Waals surface area contributed by atoms with Gasteiger partial charge in [-0.05, 0) is 36.8 Å². The predicted octanol–water partition coefficient (Wildman–Crippen LogP) is 2.95. The molecule has 2 rings (SSSR count). The first-order valence-electron chi connectivity index (χ1n) is 7.07. The molecule has 21 heavy (non-hydrogen) atoms. The van der Waals surface area contributed by atoms with Crippen molar-refractivity contribution >= 4 is 11.6 Å². The zero-order valence-electron chi connectivity index (χ0n) is 12.3. The van der Waals surface area contributed by atoms with E-state index in [1.807, 2.05) is 0 Å². The number of rotatable bonds is 2. The largest absolute Gasteiger partial charge is 0.502 e. The fraction of sp³-hybridized carbons (Fsp3) is 0.533. The standard InChI is InChI=1S/C15H20N2O4/c1-15(2)6-3-8-16(9-7-15)14(19)11-4-5-12(17(20)21)13(18)10-11/h4-5,10,18H,3,6-9H2,1-2H3. The van der Waals surface area contributed by atoms with Crippen molar-refractivity contribution in [3.8, 4) is 5.75 Å². The Morgan fingerprint density at radius 3 is 2.67 bits per heavy atom. The van der Waals surface area contributed by atoms with Crippen LogP contribution in [0.1, 0.15) is 43.5 Å². The molecule has 1 amide bonds. The molecule has 0 aliphatic carbocycles. The van der Waals surface area contributed by atoms with Crippen LogP contribution in [0, 0.1) is 15.5 Å². The molecule has 0 radical (unpaired) electrons. The van der Waals surface area contributed by atoms with E-state index < -0.39 is 10.7 Å². The smallest absolute Gasteiger partial charge is 0.310 e. The Morgan fingerprint density at radius 1 is 1.33 bits per heavy atom. The molecule has 1 aromatic rings. The van der Waals surface area contributed by atoms with Gasteiger partial charge in [-0.2, -0.15) is 0 Å². The molecule has 6 heteroatoms. The number of nitro benzene ring substituents is 1. The van der Waals surface area contributed by atoms with E-state index in [1.54, 1.807) is 4.90 Å². The molecule has 1 saturated heterocycles. The minimum atomic E-state index is -0.669. The van der Waals surface area contributed by atoms with Gasteiger partial charge in [-0.25, -0.2) is 0 Å². The highest BCUT2D eigenvalue weighted by Crippen LogP contribution is 2.31. The van der Waals surface area contributed by atoms with Crippen molar-refractivity contribution in [2.24, 2.45) is 5.41 Å². The summed E-state index contributed by atoms with van der Waals surface area (Å²) in [6.45, 7) is 5.74. The number of hydrogen-bond acceptors (Lipinski definition) is 4. The van der Waals surface area contributed by atoms with Gasteiger partial charge in [0.25, 0.3) is 5.91 Å². The molecule has 0 saturated carbocycles. The first-order chi connectivity index (χ1) is 9.80. The lowest BCUT2D eigenvalue weighted by Crippen LogP contribution is -2.32. The van der Waals surface area contributed by atoms with E-state index in [4.69, 9.17) is 0 Å². The quantitative estimate of drug-likeness (QED) is 0.671. The summed E-state index contributed by atoms with van der Waals surface area (Å²) in [5, 5.41) is 20.3. The molecule has 1 aliphatic heterocycles. The normalized spacial score (nSPS) is 18.1. The third-order valence-electron chi connectivity index (χ3n) is 4.05. The molecule has 1 N–H and O–H groups in total. The summed E-state index contributed by atoms with van der Waals surface area (Å²) in [6.07, 6.45) is 2.94. The van der Waals surface area contributed by atoms with Gasteiger partial charge in [0.05, 0.1) is 4.92 Å². The highest BCUT2D eigenvalue weighted by Gasteiger charge is 2.26. The van der Waals surface area contributed by atoms with Gasteiger partial charge in [-0.15, -0.1) is 0 Å². The maximum Gasteiger partial charge on any atom is 0.310 e. The van der Waals surface area contributed by atoms with E-state index in [-0.39, 0.29) is 22.6 Å². The van der Waals surface area contributed by atoms with Gasteiger partial charge in [-0.1, -0.05) is 13.8 Å². The van der Waals surface area contributed by atoms with Crippen molar-refractivity contribution in [3.63, 3.8) is 0 Å². The van der Waals surface area contributed by atoms with Gasteiger partial charge >= 0.3 is 5.69 Å². The first-order valence-corrected chi connectivity index (χ1v) is 7.07. The number of aromatic hydroxyl groups is 1. The maximum absolute atomic E-state index is 12.4. The average Bonchev–Trinajstić information content (AvgIpc) is 2.58. The van der Waals surface area contributed by atoms with Gasteiger partial charge in [0.2, 0.25) is 0 Å². The highest BCUT2D eigenvalue weighted by molar-refractivity contribution is 5.95. The summed E-state index contributed by atoms with van der Waals surface area (Å²) < 4.78 is 0. The predicted molar refractivity (Wildman–Crippen MR) is 78.3 cm³/mol. The van der Waals surface area contributed by atoms with Crippen LogP contribution >= 0.6 is 0 Å². The van der Waals surface area contributed by atoms with Crippen LogP contribution < -0.4 is 0 Å². The molecule has 0 spiro atoms. The number of benzene rings is 1. The summed E-state index contributed by atoms with van der Waals surface area (Å²) in [7, 11) is 0. The van der Waals surface area contributed by atoms with Crippen molar-refractivity contribution in [3.05, 3.63) is 33.9 Å². The lowest BCUT2D eigenvalue weighted by Gasteiger charge is -2.23. The molecule has 1 aromatic carbocycles. The van der Waals surface area contributed by atoms with Gasteiger partial charge in [0.15, 0.2) is 5.75 Å². The summed E-state index contributed by atoms with van der Waals surface area (Å²) in [5.74, 6) is -0.654. The number of hydrogen-bond donors (Lipinski definition) is 1. The third kappa shape index (κ3) is 3.51. The summed E-state index contributed by atoms with van der Waals surface area (Å²) in [6, 6.07) is 3.75. The second kappa shape index (κ2) is 5.71. The van der Waals surface area contributed by atoms with E-state index in [2.05, 4.69) is 13.8 Å². The summed E-state index contributed by atoms with van der Waals surface area (Å²) >= 11 is 0. The molecule has 0 bridgehead atoms. The number of amides is 1. The first kappa shape index (κ1) is 15.3. The number of phenols is 1. The fourth-order valence-corrected chi connectivity index (χ4v) is 2.62. The SMILES string of the molecule is CC1(C)CCCN(C(=O)c2ccc([N+](=O)[O-])c(O)c2)CC1. The fourth-order valence-electron chi connectivity index (χ4n) is 2.62. The number of nitrogens with zero attached hydrogens (tertiary/aromatic N) is 2. The second-order valence-electron chi connectivity index (χ2n) is 6.27. The van der Waals surface area contributed by atoms with Crippen LogP contribution in [0.3, 0.4) is 0 Å². The lowest BCUT2D eigenvalue weighted by molar-refractivity contribution is -0.385. The van der Waals surface area contributed by atoms with E-state index in [1.165, 1.54) is 18.2 Å². The van der Waals surface area contributed by atoms with Crippen LogP contribution in [0.5, 0.6) is 5.75 Å². The van der Waals surface area contributed by atoms with Crippen molar-refractivity contribution < 1.29 is 14.8 Å². The summed E-state index contributed by atoms with van der Waals surface area (Å²) in [4.78, 5) is 24.2. The van der Waals surface area contributed by atoms with Gasteiger partial charge in [0.1, 0.15) is 0 Å². The number of likely N-dealkylation sites (tertiary alicyclic amines) is 1. The molecule has 114 valence electrons. The number of nitro groups is 1. The molecule has 0 atom stereocenters. The Balaban J connectivity index is 2.16. The molecule has 1 fully saturated rings. The molecule has 6 nitrogen and oxygen atoms in total. The zero-order chi connectivity index (χ0) is 15.6. The zero-order valence-corrected chi connectivity index (χ0v) is 12.3. The van der Waals surface area contributed by atoms with E-state index in [9.17, 15) is 20.0 Å². The van der Waals surface area contributed by atoms with Gasteiger partial charge < -0.3 is 10.0 Å². The van der Waals surface area contributed by atoms with Crippen molar-refractivity contribution in [2.75, 3.05) is 13.1 Å². The minimum absolute atomic E-state index is 0.183. The Bertz CT molecular complexity index is 569. The maximum atomic E-state index is 12.4. The monoisotopic (exact) mass is 292 g/mol. The highest BCUT2D eigenvalue weighted by atomic mass is 16.6. The molecule has 1 aliphatic rings. The Kier molecular flexibility index (Phi) is 4.16. The Hall–Kier alpha value is -2.11. The Labute approximate surface area is 123 Å². The topological polar surface area (TPSA) is 83.7 Å². The van der Waals surface area contributed by atoms with Crippen molar-refractivity contribution in [1.82, 2.24) is 4.90 Å². The molecular weight excluding hydrogens is 272 g/mol. The average molecular weight is 292 g/mol. The molecule has 1 heterocycles. The lowest BCUT2D eigenvalue weighted by atomic mass is 9.85. The van der Waals surface area contributed by atoms with E-state index >= 15 is 0 Å². The third-order valence-corrected chi connectivity index (χ3v) is 4.05. The van der Waals surface area contributed by atoms with Crippen molar-refractivity contribution in [1.29, 1.82) is 0 Å². The number of phenolic OH excluding ortho intramolecular Hbond substituents is 1. The van der Waals surface area contributed by atoms with Crippen LogP contribution in [-0.2, 0) is 0 Å². The number of carbonyl (C=O) groups excluding carboxylic acids is 1.